The Morgan fingerprint density at radius 2 is 1.69 bits per heavy atom. The van der Waals surface area contributed by atoms with Crippen molar-refractivity contribution < 1.29 is 18.7 Å². The minimum atomic E-state index is -0.965. The Morgan fingerprint density at radius 3 is 2.00 bits per heavy atom. The lowest BCUT2D eigenvalue weighted by Gasteiger charge is -2.20. The highest BCUT2D eigenvalue weighted by molar-refractivity contribution is 5.77. The van der Waals surface area contributed by atoms with Gasteiger partial charge in [0.25, 0.3) is 5.91 Å². The molecule has 0 spiro atoms. The van der Waals surface area contributed by atoms with Gasteiger partial charge in [-0.15, -0.1) is 0 Å². The summed E-state index contributed by atoms with van der Waals surface area (Å²) >= 11 is 0. The zero-order chi connectivity index (χ0) is 10.1. The van der Waals surface area contributed by atoms with Crippen molar-refractivity contribution in [3.05, 3.63) is 0 Å². The first kappa shape index (κ1) is 12.3. The number of ether oxygens (including phenoxy) is 2. The largest absolute Gasteiger partial charge is 0.383 e. The molecule has 0 aliphatic rings. The van der Waals surface area contributed by atoms with Crippen LogP contribution >= 0.6 is 0 Å². The summed E-state index contributed by atoms with van der Waals surface area (Å²) in [5.74, 6) is -0.519. The molecule has 0 aromatic rings. The number of halogens is 1. The molecule has 0 aromatic heterocycles. The Balaban J connectivity index is 3.79. The highest BCUT2D eigenvalue weighted by atomic mass is 19.1. The molecule has 0 radical (unpaired) electrons. The first-order valence-corrected chi connectivity index (χ1v) is 4.07. The molecule has 1 amide bonds. The second kappa shape index (κ2) is 7.94. The van der Waals surface area contributed by atoms with E-state index >= 15 is 0 Å². The van der Waals surface area contributed by atoms with Crippen molar-refractivity contribution in [3.63, 3.8) is 0 Å². The van der Waals surface area contributed by atoms with Crippen LogP contribution < -0.4 is 0 Å². The topological polar surface area (TPSA) is 38.8 Å². The third kappa shape index (κ3) is 5.54. The summed E-state index contributed by atoms with van der Waals surface area (Å²) in [7, 11) is 3.07. The zero-order valence-electron chi connectivity index (χ0n) is 8.09. The molecule has 4 nitrogen and oxygen atoms in total. The van der Waals surface area contributed by atoms with Gasteiger partial charge in [0.05, 0.1) is 13.2 Å². The van der Waals surface area contributed by atoms with Gasteiger partial charge in [0.1, 0.15) is 0 Å². The van der Waals surface area contributed by atoms with E-state index in [0.717, 1.165) is 0 Å². The molecule has 0 unspecified atom stereocenters. The highest BCUT2D eigenvalue weighted by Crippen LogP contribution is 1.91. The minimum absolute atomic E-state index is 0.405. The number of amides is 1. The maximum Gasteiger partial charge on any atom is 0.254 e. The van der Waals surface area contributed by atoms with Gasteiger partial charge in [-0.05, 0) is 0 Å². The monoisotopic (exact) mass is 193 g/mol. The van der Waals surface area contributed by atoms with Gasteiger partial charge in [0.15, 0.2) is 6.67 Å². The second-order valence-electron chi connectivity index (χ2n) is 2.50. The molecule has 0 bridgehead atoms. The number of hydrogen-bond acceptors (Lipinski definition) is 3. The van der Waals surface area contributed by atoms with Gasteiger partial charge < -0.3 is 14.4 Å². The molecule has 5 heteroatoms. The molecule has 0 N–H and O–H groups in total. The lowest BCUT2D eigenvalue weighted by atomic mass is 10.4. The SMILES string of the molecule is COCCN(CCOC)C(=O)CF. The van der Waals surface area contributed by atoms with Crippen LogP contribution in [0.3, 0.4) is 0 Å². The van der Waals surface area contributed by atoms with Crippen LogP contribution in [0, 0.1) is 0 Å². The average Bonchev–Trinajstić information content (AvgIpc) is 2.17. The number of hydrogen-bond donors (Lipinski definition) is 0. The van der Waals surface area contributed by atoms with E-state index in [9.17, 15) is 9.18 Å². The smallest absolute Gasteiger partial charge is 0.254 e. The standard InChI is InChI=1S/C8H16FNO3/c1-12-5-3-10(4-6-13-2)8(11)7-9/h3-7H2,1-2H3. The summed E-state index contributed by atoms with van der Waals surface area (Å²) in [6, 6.07) is 0. The molecule has 0 heterocycles. The second-order valence-corrected chi connectivity index (χ2v) is 2.50. The van der Waals surface area contributed by atoms with Gasteiger partial charge in [-0.3, -0.25) is 4.79 Å². The lowest BCUT2D eigenvalue weighted by molar-refractivity contribution is -0.133. The number of carbonyl (C=O) groups excluding carboxylic acids is 1. The summed E-state index contributed by atoms with van der Waals surface area (Å²) in [5.41, 5.74) is 0. The van der Waals surface area contributed by atoms with Crippen LogP contribution in [0.2, 0.25) is 0 Å². The van der Waals surface area contributed by atoms with Gasteiger partial charge in [-0.1, -0.05) is 0 Å². The maximum atomic E-state index is 12.0. The quantitative estimate of drug-likeness (QED) is 0.574. The summed E-state index contributed by atoms with van der Waals surface area (Å²) in [4.78, 5) is 12.3. The lowest BCUT2D eigenvalue weighted by Crippen LogP contribution is -2.37. The van der Waals surface area contributed by atoms with Crippen LogP contribution in [0.25, 0.3) is 0 Å². The summed E-state index contributed by atoms with van der Waals surface area (Å²) in [6.07, 6.45) is 0. The summed E-state index contributed by atoms with van der Waals surface area (Å²) < 4.78 is 21.6. The van der Waals surface area contributed by atoms with Crippen molar-refractivity contribution >= 4 is 5.91 Å². The third-order valence-corrected chi connectivity index (χ3v) is 1.60. The first-order valence-electron chi connectivity index (χ1n) is 4.07. The fourth-order valence-electron chi connectivity index (χ4n) is 0.849. The fourth-order valence-corrected chi connectivity index (χ4v) is 0.849. The number of rotatable bonds is 7. The predicted molar refractivity (Wildman–Crippen MR) is 46.3 cm³/mol. The Labute approximate surface area is 77.6 Å². The van der Waals surface area contributed by atoms with Crippen molar-refractivity contribution in [2.24, 2.45) is 0 Å². The highest BCUT2D eigenvalue weighted by Gasteiger charge is 2.11. The van der Waals surface area contributed by atoms with Gasteiger partial charge in [-0.25, -0.2) is 4.39 Å². The molecule has 0 saturated carbocycles. The molecule has 78 valence electrons. The van der Waals surface area contributed by atoms with E-state index < -0.39 is 12.6 Å². The molecule has 13 heavy (non-hydrogen) atoms. The normalized spacial score (nSPS) is 10.1. The minimum Gasteiger partial charge on any atom is -0.383 e. The summed E-state index contributed by atoms with van der Waals surface area (Å²) in [6.45, 7) is 0.670. The number of alkyl halides is 1. The number of carbonyl (C=O) groups is 1. The molecular formula is C8H16FNO3. The van der Waals surface area contributed by atoms with E-state index in [1.807, 2.05) is 0 Å². The van der Waals surface area contributed by atoms with Crippen LogP contribution in [-0.4, -0.2) is 58.0 Å². The molecule has 0 aromatic carbocycles. The summed E-state index contributed by atoms with van der Waals surface area (Å²) in [5, 5.41) is 0. The Kier molecular flexibility index (Phi) is 7.53. The number of methoxy groups -OCH3 is 2. The fraction of sp³-hybridized carbons (Fsp3) is 0.875. The Morgan fingerprint density at radius 1 is 1.23 bits per heavy atom. The predicted octanol–water partition coefficient (Wildman–Crippen LogP) is 0.0773. The van der Waals surface area contributed by atoms with Crippen LogP contribution in [0.15, 0.2) is 0 Å². The van der Waals surface area contributed by atoms with Crippen molar-refractivity contribution in [1.82, 2.24) is 4.90 Å². The van der Waals surface area contributed by atoms with E-state index in [0.29, 0.717) is 26.3 Å². The Hall–Kier alpha value is -0.680. The third-order valence-electron chi connectivity index (χ3n) is 1.60. The maximum absolute atomic E-state index is 12.0. The van der Waals surface area contributed by atoms with Gasteiger partial charge in [0, 0.05) is 27.3 Å². The molecule has 0 atom stereocenters. The van der Waals surface area contributed by atoms with Crippen molar-refractivity contribution in [2.75, 3.05) is 47.2 Å². The number of nitrogens with zero attached hydrogens (tertiary/aromatic N) is 1. The van der Waals surface area contributed by atoms with E-state index in [4.69, 9.17) is 9.47 Å². The van der Waals surface area contributed by atoms with Gasteiger partial charge in [0.2, 0.25) is 0 Å². The first-order chi connectivity index (χ1) is 6.26. The van der Waals surface area contributed by atoms with Crippen molar-refractivity contribution in [1.29, 1.82) is 0 Å². The van der Waals surface area contributed by atoms with Crippen LogP contribution in [0.1, 0.15) is 0 Å². The molecule has 0 rings (SSSR count). The van der Waals surface area contributed by atoms with Crippen LogP contribution in [-0.2, 0) is 14.3 Å². The van der Waals surface area contributed by atoms with Gasteiger partial charge >= 0.3 is 0 Å². The molecule has 0 saturated heterocycles. The van der Waals surface area contributed by atoms with E-state index in [2.05, 4.69) is 0 Å². The zero-order valence-corrected chi connectivity index (χ0v) is 8.09. The molecule has 0 aliphatic heterocycles. The molecular weight excluding hydrogens is 177 g/mol. The molecule has 0 aliphatic carbocycles. The van der Waals surface area contributed by atoms with Crippen LogP contribution in [0.5, 0.6) is 0 Å². The van der Waals surface area contributed by atoms with Crippen molar-refractivity contribution in [2.45, 2.75) is 0 Å². The van der Waals surface area contributed by atoms with E-state index in [1.165, 1.54) is 19.1 Å². The average molecular weight is 193 g/mol. The Bertz CT molecular complexity index is 135. The molecule has 0 fully saturated rings. The van der Waals surface area contributed by atoms with E-state index in [1.54, 1.807) is 0 Å². The van der Waals surface area contributed by atoms with Gasteiger partial charge in [-0.2, -0.15) is 0 Å². The van der Waals surface area contributed by atoms with E-state index in [-0.39, 0.29) is 0 Å². The van der Waals surface area contributed by atoms with Crippen LogP contribution in [0.4, 0.5) is 4.39 Å². The van der Waals surface area contributed by atoms with Crippen molar-refractivity contribution in [3.8, 4) is 0 Å².